The van der Waals surface area contributed by atoms with E-state index in [1.165, 1.54) is 5.56 Å². The molecule has 146 valence electrons. The van der Waals surface area contributed by atoms with E-state index in [9.17, 15) is 0 Å². The monoisotopic (exact) mass is 386 g/mol. The number of anilines is 1. The Morgan fingerprint density at radius 2 is 1.55 bits per heavy atom. The van der Waals surface area contributed by atoms with Crippen LogP contribution in [0.2, 0.25) is 0 Å². The second-order valence-corrected chi connectivity index (χ2v) is 6.70. The number of benzene rings is 2. The predicted octanol–water partition coefficient (Wildman–Crippen LogP) is 4.63. The maximum Gasteiger partial charge on any atom is 0.162 e. The summed E-state index contributed by atoms with van der Waals surface area (Å²) in [6.45, 7) is 2.68. The van der Waals surface area contributed by atoms with Crippen LogP contribution in [-0.4, -0.2) is 29.2 Å². The van der Waals surface area contributed by atoms with Gasteiger partial charge in [-0.2, -0.15) is 0 Å². The van der Waals surface area contributed by atoms with E-state index in [0.29, 0.717) is 23.9 Å². The van der Waals surface area contributed by atoms with Gasteiger partial charge in [-0.1, -0.05) is 29.8 Å². The molecular formula is C23H22N4O2. The lowest BCUT2D eigenvalue weighted by atomic mass is 10.1. The number of hydrogen-bond donors (Lipinski definition) is 1. The SMILES string of the molecule is COc1cc2nc(-c3ccc(C)cc3)nc(NCc3ccncc3)c2cc1OC. The summed E-state index contributed by atoms with van der Waals surface area (Å²) in [7, 11) is 3.24. The van der Waals surface area contributed by atoms with Gasteiger partial charge in [-0.15, -0.1) is 0 Å². The van der Waals surface area contributed by atoms with Gasteiger partial charge in [0.1, 0.15) is 5.82 Å². The number of aromatic nitrogens is 3. The van der Waals surface area contributed by atoms with Gasteiger partial charge in [0.2, 0.25) is 0 Å². The highest BCUT2D eigenvalue weighted by atomic mass is 16.5. The second kappa shape index (κ2) is 8.14. The number of fused-ring (bicyclic) bond motifs is 1. The van der Waals surface area contributed by atoms with Crippen molar-refractivity contribution in [2.45, 2.75) is 13.5 Å². The quantitative estimate of drug-likeness (QED) is 0.521. The molecule has 29 heavy (non-hydrogen) atoms. The average molecular weight is 386 g/mol. The molecule has 2 aromatic carbocycles. The zero-order valence-corrected chi connectivity index (χ0v) is 16.6. The molecule has 0 atom stereocenters. The molecule has 0 aliphatic carbocycles. The molecule has 0 aliphatic heterocycles. The first kappa shape index (κ1) is 18.7. The van der Waals surface area contributed by atoms with Crippen LogP contribution in [0.25, 0.3) is 22.3 Å². The molecule has 0 aliphatic rings. The Hall–Kier alpha value is -3.67. The Balaban J connectivity index is 1.83. The molecule has 0 amide bonds. The van der Waals surface area contributed by atoms with Crippen molar-refractivity contribution in [3.8, 4) is 22.9 Å². The van der Waals surface area contributed by atoms with Gasteiger partial charge in [0.15, 0.2) is 17.3 Å². The maximum atomic E-state index is 5.47. The van der Waals surface area contributed by atoms with Crippen molar-refractivity contribution in [3.63, 3.8) is 0 Å². The summed E-state index contributed by atoms with van der Waals surface area (Å²) in [6.07, 6.45) is 3.56. The number of pyridine rings is 1. The summed E-state index contributed by atoms with van der Waals surface area (Å²) >= 11 is 0. The summed E-state index contributed by atoms with van der Waals surface area (Å²) in [5, 5.41) is 4.31. The summed E-state index contributed by atoms with van der Waals surface area (Å²) in [4.78, 5) is 13.7. The average Bonchev–Trinajstić information content (AvgIpc) is 2.77. The molecule has 0 unspecified atom stereocenters. The highest BCUT2D eigenvalue weighted by molar-refractivity contribution is 5.93. The van der Waals surface area contributed by atoms with E-state index in [2.05, 4.69) is 29.4 Å². The molecule has 6 nitrogen and oxygen atoms in total. The van der Waals surface area contributed by atoms with Gasteiger partial charge in [-0.25, -0.2) is 9.97 Å². The minimum atomic E-state index is 0.621. The van der Waals surface area contributed by atoms with Crippen LogP contribution in [0.1, 0.15) is 11.1 Å². The topological polar surface area (TPSA) is 69.2 Å². The predicted molar refractivity (Wildman–Crippen MR) is 114 cm³/mol. The molecule has 2 aromatic heterocycles. The largest absolute Gasteiger partial charge is 0.493 e. The lowest BCUT2D eigenvalue weighted by molar-refractivity contribution is 0.356. The standard InChI is InChI=1S/C23H22N4O2/c1-15-4-6-17(7-5-15)22-26-19-13-21(29-3)20(28-2)12-18(19)23(27-22)25-14-16-8-10-24-11-9-16/h4-13H,14H2,1-3H3,(H,25,26,27). The van der Waals surface area contributed by atoms with Gasteiger partial charge >= 0.3 is 0 Å². The molecule has 4 aromatic rings. The Morgan fingerprint density at radius 1 is 0.862 bits per heavy atom. The normalized spacial score (nSPS) is 10.7. The van der Waals surface area contributed by atoms with E-state index in [1.54, 1.807) is 26.6 Å². The van der Waals surface area contributed by atoms with E-state index in [0.717, 1.165) is 27.8 Å². The Labute approximate surface area is 169 Å². The molecule has 0 radical (unpaired) electrons. The third-order valence-corrected chi connectivity index (χ3v) is 4.72. The molecule has 0 fully saturated rings. The van der Waals surface area contributed by atoms with Gasteiger partial charge in [-0.3, -0.25) is 4.98 Å². The van der Waals surface area contributed by atoms with E-state index in [4.69, 9.17) is 19.4 Å². The van der Waals surface area contributed by atoms with E-state index < -0.39 is 0 Å². The highest BCUT2D eigenvalue weighted by Gasteiger charge is 2.14. The second-order valence-electron chi connectivity index (χ2n) is 6.70. The van der Waals surface area contributed by atoms with Crippen LogP contribution >= 0.6 is 0 Å². The summed E-state index contributed by atoms with van der Waals surface area (Å²) in [6, 6.07) is 15.9. The van der Waals surface area contributed by atoms with Crippen molar-refractivity contribution in [1.82, 2.24) is 15.0 Å². The van der Waals surface area contributed by atoms with Gasteiger partial charge in [-0.05, 0) is 30.7 Å². The van der Waals surface area contributed by atoms with Gasteiger partial charge in [0.05, 0.1) is 19.7 Å². The smallest absolute Gasteiger partial charge is 0.162 e. The summed E-state index contributed by atoms with van der Waals surface area (Å²) < 4.78 is 10.9. The minimum absolute atomic E-state index is 0.621. The zero-order chi connectivity index (χ0) is 20.2. The first-order chi connectivity index (χ1) is 14.2. The number of aryl methyl sites for hydroxylation is 1. The molecule has 0 bridgehead atoms. The third-order valence-electron chi connectivity index (χ3n) is 4.72. The zero-order valence-electron chi connectivity index (χ0n) is 16.6. The molecule has 2 heterocycles. The van der Waals surface area contributed by atoms with Gasteiger partial charge in [0, 0.05) is 36.0 Å². The van der Waals surface area contributed by atoms with Crippen LogP contribution in [-0.2, 0) is 6.54 Å². The number of hydrogen-bond acceptors (Lipinski definition) is 6. The van der Waals surface area contributed by atoms with Crippen LogP contribution in [0.15, 0.2) is 60.9 Å². The number of ether oxygens (including phenoxy) is 2. The number of rotatable bonds is 6. The van der Waals surface area contributed by atoms with Gasteiger partial charge < -0.3 is 14.8 Å². The van der Waals surface area contributed by atoms with Crippen LogP contribution in [0, 0.1) is 6.92 Å². The van der Waals surface area contributed by atoms with Crippen molar-refractivity contribution < 1.29 is 9.47 Å². The molecule has 1 N–H and O–H groups in total. The van der Waals surface area contributed by atoms with E-state index in [1.807, 2.05) is 36.4 Å². The van der Waals surface area contributed by atoms with Crippen LogP contribution < -0.4 is 14.8 Å². The van der Waals surface area contributed by atoms with Crippen LogP contribution in [0.4, 0.5) is 5.82 Å². The van der Waals surface area contributed by atoms with Crippen molar-refractivity contribution in [2.24, 2.45) is 0 Å². The first-order valence-corrected chi connectivity index (χ1v) is 9.31. The molecule has 6 heteroatoms. The minimum Gasteiger partial charge on any atom is -0.493 e. The first-order valence-electron chi connectivity index (χ1n) is 9.31. The van der Waals surface area contributed by atoms with Crippen molar-refractivity contribution >= 4 is 16.7 Å². The third kappa shape index (κ3) is 3.96. The van der Waals surface area contributed by atoms with Crippen LogP contribution in [0.3, 0.4) is 0 Å². The Morgan fingerprint density at radius 3 is 2.24 bits per heavy atom. The number of nitrogens with one attached hydrogen (secondary N) is 1. The Bertz CT molecular complexity index is 1130. The summed E-state index contributed by atoms with van der Waals surface area (Å²) in [5.74, 6) is 2.66. The molecule has 0 spiro atoms. The molecule has 0 saturated heterocycles. The highest BCUT2D eigenvalue weighted by Crippen LogP contribution is 2.35. The summed E-state index contributed by atoms with van der Waals surface area (Å²) in [5.41, 5.74) is 4.05. The number of nitrogens with zero attached hydrogens (tertiary/aromatic N) is 3. The fourth-order valence-electron chi connectivity index (χ4n) is 3.11. The van der Waals surface area contributed by atoms with E-state index >= 15 is 0 Å². The maximum absolute atomic E-state index is 5.47. The van der Waals surface area contributed by atoms with Gasteiger partial charge in [0.25, 0.3) is 0 Å². The van der Waals surface area contributed by atoms with Crippen molar-refractivity contribution in [2.75, 3.05) is 19.5 Å². The number of methoxy groups -OCH3 is 2. The lowest BCUT2D eigenvalue weighted by Gasteiger charge is -2.14. The fraction of sp³-hybridized carbons (Fsp3) is 0.174. The van der Waals surface area contributed by atoms with Crippen LogP contribution in [0.5, 0.6) is 11.5 Å². The Kier molecular flexibility index (Phi) is 5.24. The van der Waals surface area contributed by atoms with Crippen molar-refractivity contribution in [1.29, 1.82) is 0 Å². The molecular weight excluding hydrogens is 364 g/mol. The molecule has 0 saturated carbocycles. The van der Waals surface area contributed by atoms with E-state index in [-0.39, 0.29) is 0 Å². The van der Waals surface area contributed by atoms with Crippen molar-refractivity contribution in [3.05, 3.63) is 72.1 Å². The fourth-order valence-corrected chi connectivity index (χ4v) is 3.11. The lowest BCUT2D eigenvalue weighted by Crippen LogP contribution is -2.05. The molecule has 4 rings (SSSR count).